The van der Waals surface area contributed by atoms with Gasteiger partial charge in [0, 0.05) is 6.61 Å². The van der Waals surface area contributed by atoms with Gasteiger partial charge in [-0.25, -0.2) is 0 Å². The lowest BCUT2D eigenvalue weighted by molar-refractivity contribution is -0.136. The Morgan fingerprint density at radius 1 is 1.14 bits per heavy atom. The van der Waals surface area contributed by atoms with E-state index in [2.05, 4.69) is 31.0 Å². The molecule has 0 radical (unpaired) electrons. The number of rotatable bonds is 4. The van der Waals surface area contributed by atoms with Crippen LogP contribution >= 0.6 is 0 Å². The van der Waals surface area contributed by atoms with Crippen LogP contribution in [-0.4, -0.2) is 41.8 Å². The SMILES string of the molecule is CC(C)C1NC(C2CCCC2)N(C(C)C2CCCO2)C1=O. The van der Waals surface area contributed by atoms with Crippen molar-refractivity contribution in [3.8, 4) is 0 Å². The summed E-state index contributed by atoms with van der Waals surface area (Å²) in [6, 6.07) is 0.182. The third-order valence-corrected chi connectivity index (χ3v) is 5.63. The summed E-state index contributed by atoms with van der Waals surface area (Å²) in [5.74, 6) is 1.27. The van der Waals surface area contributed by atoms with Gasteiger partial charge in [0.05, 0.1) is 24.4 Å². The van der Waals surface area contributed by atoms with Crippen LogP contribution in [0.4, 0.5) is 0 Å². The van der Waals surface area contributed by atoms with E-state index in [0.717, 1.165) is 19.4 Å². The van der Waals surface area contributed by atoms with Gasteiger partial charge in [-0.1, -0.05) is 26.7 Å². The maximum atomic E-state index is 12.9. The highest BCUT2D eigenvalue weighted by molar-refractivity contribution is 5.85. The van der Waals surface area contributed by atoms with Gasteiger partial charge in [-0.2, -0.15) is 0 Å². The van der Waals surface area contributed by atoms with Crippen molar-refractivity contribution in [3.05, 3.63) is 0 Å². The zero-order valence-corrected chi connectivity index (χ0v) is 13.7. The van der Waals surface area contributed by atoms with Crippen molar-refractivity contribution in [1.29, 1.82) is 0 Å². The van der Waals surface area contributed by atoms with E-state index >= 15 is 0 Å². The molecule has 1 amide bonds. The molecule has 1 aliphatic carbocycles. The molecule has 2 heterocycles. The second-order valence-corrected chi connectivity index (χ2v) is 7.42. The minimum atomic E-state index is -0.0144. The first-order valence-electron chi connectivity index (χ1n) is 8.79. The van der Waals surface area contributed by atoms with Crippen LogP contribution in [0.3, 0.4) is 0 Å². The molecule has 4 heteroatoms. The largest absolute Gasteiger partial charge is 0.376 e. The van der Waals surface area contributed by atoms with E-state index in [4.69, 9.17) is 4.74 Å². The van der Waals surface area contributed by atoms with Crippen LogP contribution in [0, 0.1) is 11.8 Å². The molecule has 1 N–H and O–H groups in total. The van der Waals surface area contributed by atoms with Crippen molar-refractivity contribution >= 4 is 5.91 Å². The minimum absolute atomic E-state index is 0.0144. The van der Waals surface area contributed by atoms with E-state index in [9.17, 15) is 4.79 Å². The summed E-state index contributed by atoms with van der Waals surface area (Å²) in [5, 5.41) is 3.66. The van der Waals surface area contributed by atoms with Crippen LogP contribution < -0.4 is 5.32 Å². The van der Waals surface area contributed by atoms with Crippen LogP contribution in [0.15, 0.2) is 0 Å². The molecule has 3 rings (SSSR count). The number of carbonyl (C=O) groups is 1. The standard InChI is InChI=1S/C17H30N2O2/c1-11(2)15-17(20)19(12(3)14-9-6-10-21-14)16(18-15)13-7-4-5-8-13/h11-16,18H,4-10H2,1-3H3. The molecule has 0 bridgehead atoms. The summed E-state index contributed by atoms with van der Waals surface area (Å²) in [7, 11) is 0. The molecule has 2 saturated heterocycles. The molecular formula is C17H30N2O2. The van der Waals surface area contributed by atoms with Crippen molar-refractivity contribution in [2.45, 2.75) is 83.6 Å². The number of nitrogens with one attached hydrogen (secondary N) is 1. The van der Waals surface area contributed by atoms with Crippen LogP contribution in [0.2, 0.25) is 0 Å². The Morgan fingerprint density at radius 3 is 2.43 bits per heavy atom. The monoisotopic (exact) mass is 294 g/mol. The molecule has 3 fully saturated rings. The topological polar surface area (TPSA) is 41.6 Å². The summed E-state index contributed by atoms with van der Waals surface area (Å²) >= 11 is 0. The molecule has 120 valence electrons. The van der Waals surface area contributed by atoms with Crippen LogP contribution in [0.1, 0.15) is 59.3 Å². The zero-order chi connectivity index (χ0) is 15.0. The number of hydrogen-bond acceptors (Lipinski definition) is 3. The van der Waals surface area contributed by atoms with Crippen molar-refractivity contribution < 1.29 is 9.53 Å². The van der Waals surface area contributed by atoms with Gasteiger partial charge in [-0.05, 0) is 44.4 Å². The van der Waals surface area contributed by atoms with Gasteiger partial charge >= 0.3 is 0 Å². The Hall–Kier alpha value is -0.610. The van der Waals surface area contributed by atoms with Gasteiger partial charge in [-0.3, -0.25) is 10.1 Å². The summed E-state index contributed by atoms with van der Waals surface area (Å²) in [6.07, 6.45) is 7.81. The van der Waals surface area contributed by atoms with E-state index in [1.54, 1.807) is 0 Å². The van der Waals surface area contributed by atoms with Crippen molar-refractivity contribution in [2.24, 2.45) is 11.8 Å². The second-order valence-electron chi connectivity index (χ2n) is 7.42. The van der Waals surface area contributed by atoms with Crippen molar-refractivity contribution in [2.75, 3.05) is 6.61 Å². The fourth-order valence-corrected chi connectivity index (χ4v) is 4.36. The minimum Gasteiger partial charge on any atom is -0.376 e. The Labute approximate surface area is 128 Å². The van der Waals surface area contributed by atoms with Gasteiger partial charge in [0.2, 0.25) is 5.91 Å². The maximum absolute atomic E-state index is 12.9. The average Bonchev–Trinajstić information content (AvgIpc) is 3.18. The summed E-state index contributed by atoms with van der Waals surface area (Å²) in [4.78, 5) is 15.1. The predicted octanol–water partition coefficient (Wildman–Crippen LogP) is 2.53. The maximum Gasteiger partial charge on any atom is 0.241 e. The molecule has 0 spiro atoms. The summed E-state index contributed by atoms with van der Waals surface area (Å²) in [6.45, 7) is 7.31. The zero-order valence-electron chi connectivity index (χ0n) is 13.7. The first-order chi connectivity index (χ1) is 10.1. The van der Waals surface area contributed by atoms with Gasteiger partial charge in [-0.15, -0.1) is 0 Å². The smallest absolute Gasteiger partial charge is 0.241 e. The Kier molecular flexibility index (Phi) is 4.55. The number of amides is 1. The third-order valence-electron chi connectivity index (χ3n) is 5.63. The van der Waals surface area contributed by atoms with E-state index in [-0.39, 0.29) is 24.4 Å². The molecular weight excluding hydrogens is 264 g/mol. The lowest BCUT2D eigenvalue weighted by Crippen LogP contribution is -2.51. The molecule has 0 aromatic heterocycles. The molecule has 2 aliphatic heterocycles. The Bertz CT molecular complexity index is 373. The van der Waals surface area contributed by atoms with E-state index in [0.29, 0.717) is 17.7 Å². The molecule has 0 aromatic carbocycles. The number of nitrogens with zero attached hydrogens (tertiary/aromatic N) is 1. The fourth-order valence-electron chi connectivity index (χ4n) is 4.36. The molecule has 4 unspecified atom stereocenters. The second kappa shape index (κ2) is 6.25. The third kappa shape index (κ3) is 2.85. The van der Waals surface area contributed by atoms with Crippen molar-refractivity contribution in [3.63, 3.8) is 0 Å². The van der Waals surface area contributed by atoms with Crippen LogP contribution in [-0.2, 0) is 9.53 Å². The normalized spacial score (nSPS) is 36.1. The number of ether oxygens (including phenoxy) is 1. The molecule has 4 nitrogen and oxygen atoms in total. The Morgan fingerprint density at radius 2 is 1.86 bits per heavy atom. The lowest BCUT2D eigenvalue weighted by atomic mass is 10.0. The first kappa shape index (κ1) is 15.3. The summed E-state index contributed by atoms with van der Waals surface area (Å²) in [5.41, 5.74) is 0. The van der Waals surface area contributed by atoms with Crippen LogP contribution in [0.25, 0.3) is 0 Å². The average molecular weight is 294 g/mol. The molecule has 0 aromatic rings. The highest BCUT2D eigenvalue weighted by Gasteiger charge is 2.47. The molecule has 21 heavy (non-hydrogen) atoms. The van der Waals surface area contributed by atoms with Gasteiger partial charge in [0.15, 0.2) is 0 Å². The van der Waals surface area contributed by atoms with Crippen molar-refractivity contribution in [1.82, 2.24) is 10.2 Å². The van der Waals surface area contributed by atoms with Gasteiger partial charge in [0.1, 0.15) is 0 Å². The number of hydrogen-bond donors (Lipinski definition) is 1. The Balaban J connectivity index is 1.79. The first-order valence-corrected chi connectivity index (χ1v) is 8.79. The summed E-state index contributed by atoms with van der Waals surface area (Å²) < 4.78 is 5.86. The highest BCUT2D eigenvalue weighted by Crippen LogP contribution is 2.35. The lowest BCUT2D eigenvalue weighted by Gasteiger charge is -2.36. The molecule has 3 aliphatic rings. The van der Waals surface area contributed by atoms with Crippen LogP contribution in [0.5, 0.6) is 0 Å². The van der Waals surface area contributed by atoms with E-state index < -0.39 is 0 Å². The van der Waals surface area contributed by atoms with E-state index in [1.807, 2.05) is 0 Å². The van der Waals surface area contributed by atoms with Gasteiger partial charge in [0.25, 0.3) is 0 Å². The molecule has 4 atom stereocenters. The van der Waals surface area contributed by atoms with E-state index in [1.165, 1.54) is 25.7 Å². The predicted molar refractivity (Wildman–Crippen MR) is 82.8 cm³/mol. The van der Waals surface area contributed by atoms with Gasteiger partial charge < -0.3 is 9.64 Å². The molecule has 1 saturated carbocycles. The number of carbonyl (C=O) groups excluding carboxylic acids is 1. The fraction of sp³-hybridized carbons (Fsp3) is 0.941. The quantitative estimate of drug-likeness (QED) is 0.866. The highest BCUT2D eigenvalue weighted by atomic mass is 16.5.